The van der Waals surface area contributed by atoms with Gasteiger partial charge in [0.05, 0.1) is 18.2 Å². The molecular formula is C18H16N4O2S. The van der Waals surface area contributed by atoms with Crippen LogP contribution in [0, 0.1) is 0 Å². The highest BCUT2D eigenvalue weighted by Crippen LogP contribution is 2.33. The third-order valence-electron chi connectivity index (χ3n) is 4.61. The van der Waals surface area contributed by atoms with Crippen molar-refractivity contribution in [2.45, 2.75) is 32.2 Å². The molecule has 7 heteroatoms. The van der Waals surface area contributed by atoms with Gasteiger partial charge in [0.15, 0.2) is 5.65 Å². The molecule has 6 nitrogen and oxygen atoms in total. The summed E-state index contributed by atoms with van der Waals surface area (Å²) in [7, 11) is 0. The predicted octanol–water partition coefficient (Wildman–Crippen LogP) is 3.39. The number of nitrogens with zero attached hydrogens (tertiary/aromatic N) is 3. The first-order valence-corrected chi connectivity index (χ1v) is 9.22. The highest BCUT2D eigenvalue weighted by molar-refractivity contribution is 7.18. The SMILES string of the molecule is O=c1c2c3c(sc2nc2ccc(NCc4ccco4)nn12)CCCC3. The van der Waals surface area contributed by atoms with Gasteiger partial charge in [-0.05, 0) is 55.5 Å². The number of hydrogen-bond donors (Lipinski definition) is 1. The summed E-state index contributed by atoms with van der Waals surface area (Å²) in [5, 5.41) is 8.38. The van der Waals surface area contributed by atoms with Crippen LogP contribution in [0.15, 0.2) is 39.7 Å². The Hall–Kier alpha value is -2.67. The molecule has 0 radical (unpaired) electrons. The summed E-state index contributed by atoms with van der Waals surface area (Å²) in [5.41, 5.74) is 1.70. The van der Waals surface area contributed by atoms with Gasteiger partial charge in [0.25, 0.3) is 5.56 Å². The molecule has 0 saturated carbocycles. The van der Waals surface area contributed by atoms with Crippen LogP contribution in [0.25, 0.3) is 15.9 Å². The summed E-state index contributed by atoms with van der Waals surface area (Å²) in [6.45, 7) is 0.518. The number of anilines is 1. The first kappa shape index (κ1) is 14.7. The summed E-state index contributed by atoms with van der Waals surface area (Å²) in [6.07, 6.45) is 5.99. The van der Waals surface area contributed by atoms with Crippen molar-refractivity contribution in [1.82, 2.24) is 14.6 Å². The summed E-state index contributed by atoms with van der Waals surface area (Å²) in [6, 6.07) is 7.40. The van der Waals surface area contributed by atoms with E-state index in [1.807, 2.05) is 24.3 Å². The lowest BCUT2D eigenvalue weighted by atomic mass is 9.97. The fraction of sp³-hybridized carbons (Fsp3) is 0.278. The van der Waals surface area contributed by atoms with Crippen LogP contribution in [0.5, 0.6) is 0 Å². The van der Waals surface area contributed by atoms with Crippen LogP contribution >= 0.6 is 11.3 Å². The molecule has 1 aliphatic rings. The molecule has 1 N–H and O–H groups in total. The van der Waals surface area contributed by atoms with Gasteiger partial charge in [-0.15, -0.1) is 16.4 Å². The molecule has 0 saturated heterocycles. The van der Waals surface area contributed by atoms with E-state index in [4.69, 9.17) is 4.42 Å². The Bertz CT molecular complexity index is 1130. The van der Waals surface area contributed by atoms with Gasteiger partial charge in [-0.2, -0.15) is 4.52 Å². The lowest BCUT2D eigenvalue weighted by Crippen LogP contribution is -2.19. The van der Waals surface area contributed by atoms with Crippen LogP contribution in [-0.2, 0) is 19.4 Å². The number of hydrogen-bond acceptors (Lipinski definition) is 6. The zero-order valence-electron chi connectivity index (χ0n) is 13.5. The van der Waals surface area contributed by atoms with Crippen LogP contribution in [0.3, 0.4) is 0 Å². The molecular weight excluding hydrogens is 336 g/mol. The van der Waals surface area contributed by atoms with Gasteiger partial charge in [-0.3, -0.25) is 4.79 Å². The second kappa shape index (κ2) is 5.70. The number of aromatic nitrogens is 3. The first-order chi connectivity index (χ1) is 12.3. The Morgan fingerprint density at radius 3 is 3.04 bits per heavy atom. The third kappa shape index (κ3) is 2.42. The first-order valence-electron chi connectivity index (χ1n) is 8.40. The predicted molar refractivity (Wildman–Crippen MR) is 97.3 cm³/mol. The van der Waals surface area contributed by atoms with E-state index in [1.165, 1.54) is 21.4 Å². The molecule has 0 unspecified atom stereocenters. The molecule has 0 bridgehead atoms. The zero-order valence-corrected chi connectivity index (χ0v) is 14.3. The average Bonchev–Trinajstić information content (AvgIpc) is 3.27. The van der Waals surface area contributed by atoms with E-state index in [-0.39, 0.29) is 5.56 Å². The molecule has 0 fully saturated rings. The van der Waals surface area contributed by atoms with Crippen LogP contribution in [0.4, 0.5) is 5.82 Å². The Kier molecular flexibility index (Phi) is 3.34. The van der Waals surface area contributed by atoms with E-state index < -0.39 is 0 Å². The van der Waals surface area contributed by atoms with E-state index >= 15 is 0 Å². The number of fused-ring (bicyclic) bond motifs is 4. The van der Waals surface area contributed by atoms with Crippen LogP contribution in [-0.4, -0.2) is 14.6 Å². The zero-order chi connectivity index (χ0) is 16.8. The van der Waals surface area contributed by atoms with E-state index in [2.05, 4.69) is 15.4 Å². The molecule has 0 aromatic carbocycles. The van der Waals surface area contributed by atoms with E-state index in [1.54, 1.807) is 17.6 Å². The third-order valence-corrected chi connectivity index (χ3v) is 5.80. The molecule has 4 heterocycles. The van der Waals surface area contributed by atoms with Crippen LogP contribution in [0.2, 0.25) is 0 Å². The average molecular weight is 352 g/mol. The van der Waals surface area contributed by atoms with Crippen molar-refractivity contribution in [3.05, 3.63) is 57.1 Å². The maximum Gasteiger partial charge on any atom is 0.283 e. The normalized spacial score (nSPS) is 14.1. The molecule has 0 aliphatic heterocycles. The Morgan fingerprint density at radius 2 is 2.16 bits per heavy atom. The highest BCUT2D eigenvalue weighted by atomic mass is 32.1. The van der Waals surface area contributed by atoms with Crippen molar-refractivity contribution >= 4 is 33.0 Å². The quantitative estimate of drug-likeness (QED) is 0.612. The van der Waals surface area contributed by atoms with Crippen LogP contribution in [0.1, 0.15) is 29.0 Å². The maximum atomic E-state index is 13.0. The monoisotopic (exact) mass is 352 g/mol. The van der Waals surface area contributed by atoms with Crippen molar-refractivity contribution < 1.29 is 4.42 Å². The topological polar surface area (TPSA) is 72.4 Å². The second-order valence-electron chi connectivity index (χ2n) is 6.23. The maximum absolute atomic E-state index is 13.0. The molecule has 126 valence electrons. The number of nitrogens with one attached hydrogen (secondary N) is 1. The van der Waals surface area contributed by atoms with Crippen molar-refractivity contribution in [3.63, 3.8) is 0 Å². The lowest BCUT2D eigenvalue weighted by molar-refractivity contribution is 0.517. The second-order valence-corrected chi connectivity index (χ2v) is 7.31. The number of furan rings is 1. The molecule has 1 aliphatic carbocycles. The van der Waals surface area contributed by atoms with Gasteiger partial charge in [0, 0.05) is 4.88 Å². The van der Waals surface area contributed by atoms with E-state index in [0.29, 0.717) is 18.0 Å². The molecule has 0 atom stereocenters. The Labute approximate surface area is 147 Å². The van der Waals surface area contributed by atoms with Crippen molar-refractivity contribution in [2.24, 2.45) is 0 Å². The van der Waals surface area contributed by atoms with Gasteiger partial charge >= 0.3 is 0 Å². The molecule has 25 heavy (non-hydrogen) atoms. The van der Waals surface area contributed by atoms with Gasteiger partial charge in [0.2, 0.25) is 0 Å². The standard InChI is InChI=1S/C18H16N4O2S/c23-18-16-12-5-1-2-6-13(12)25-17(16)20-15-8-7-14(21-22(15)18)19-10-11-4-3-9-24-11/h3-4,7-9H,1-2,5-6,10H2,(H,19,21). The van der Waals surface area contributed by atoms with E-state index in [0.717, 1.165) is 35.2 Å². The van der Waals surface area contributed by atoms with Gasteiger partial charge < -0.3 is 9.73 Å². The van der Waals surface area contributed by atoms with Crippen molar-refractivity contribution in [3.8, 4) is 0 Å². The largest absolute Gasteiger partial charge is 0.467 e. The van der Waals surface area contributed by atoms with Gasteiger partial charge in [0.1, 0.15) is 16.4 Å². The molecule has 5 rings (SSSR count). The summed E-state index contributed by atoms with van der Waals surface area (Å²) < 4.78 is 6.72. The minimum Gasteiger partial charge on any atom is -0.467 e. The summed E-state index contributed by atoms with van der Waals surface area (Å²) in [4.78, 5) is 19.9. The highest BCUT2D eigenvalue weighted by Gasteiger charge is 2.20. The summed E-state index contributed by atoms with van der Waals surface area (Å²) in [5.74, 6) is 1.44. The molecule has 0 spiro atoms. The number of rotatable bonds is 3. The number of aryl methyl sites for hydroxylation is 2. The fourth-order valence-corrected chi connectivity index (χ4v) is 4.66. The van der Waals surface area contributed by atoms with Crippen molar-refractivity contribution in [2.75, 3.05) is 5.32 Å². The summed E-state index contributed by atoms with van der Waals surface area (Å²) >= 11 is 1.66. The van der Waals surface area contributed by atoms with Crippen LogP contribution < -0.4 is 10.9 Å². The van der Waals surface area contributed by atoms with Crippen molar-refractivity contribution in [1.29, 1.82) is 0 Å². The van der Waals surface area contributed by atoms with E-state index in [9.17, 15) is 4.79 Å². The molecule has 4 aromatic heterocycles. The molecule has 4 aromatic rings. The smallest absolute Gasteiger partial charge is 0.283 e. The molecule has 0 amide bonds. The fourth-order valence-electron chi connectivity index (χ4n) is 3.40. The Balaban J connectivity index is 1.61. The number of thiophene rings is 1. The Morgan fingerprint density at radius 1 is 1.24 bits per heavy atom. The minimum atomic E-state index is -0.0685. The lowest BCUT2D eigenvalue weighted by Gasteiger charge is -2.10. The minimum absolute atomic E-state index is 0.0685. The van der Waals surface area contributed by atoms with Gasteiger partial charge in [-0.25, -0.2) is 4.98 Å². The van der Waals surface area contributed by atoms with Gasteiger partial charge in [-0.1, -0.05) is 0 Å².